The van der Waals surface area contributed by atoms with E-state index in [-0.39, 0.29) is 0 Å². The summed E-state index contributed by atoms with van der Waals surface area (Å²) in [5.41, 5.74) is 0.592. The van der Waals surface area contributed by atoms with Crippen LogP contribution in [0.3, 0.4) is 0 Å². The summed E-state index contributed by atoms with van der Waals surface area (Å²) < 4.78 is 11.7. The highest BCUT2D eigenvalue weighted by Crippen LogP contribution is 2.37. The lowest BCUT2D eigenvalue weighted by Crippen LogP contribution is -2.41. The van der Waals surface area contributed by atoms with Gasteiger partial charge in [0.25, 0.3) is 0 Å². The second-order valence-corrected chi connectivity index (χ2v) is 6.54. The summed E-state index contributed by atoms with van der Waals surface area (Å²) in [4.78, 5) is 0. The third kappa shape index (κ3) is 3.10. The van der Waals surface area contributed by atoms with E-state index in [0.29, 0.717) is 19.9 Å². The van der Waals surface area contributed by atoms with Crippen LogP contribution >= 0.6 is 15.9 Å². The zero-order chi connectivity index (χ0) is 14.0. The van der Waals surface area contributed by atoms with E-state index in [0.717, 1.165) is 47.2 Å². The number of hydrogen-bond acceptors (Lipinski definition) is 4. The fraction of sp³-hybridized carbons (Fsp3) is 0.600. The van der Waals surface area contributed by atoms with Crippen molar-refractivity contribution < 1.29 is 14.6 Å². The van der Waals surface area contributed by atoms with Crippen LogP contribution in [0.2, 0.25) is 0 Å². The van der Waals surface area contributed by atoms with Crippen LogP contribution in [0.5, 0.6) is 11.5 Å². The molecule has 20 heavy (non-hydrogen) atoms. The van der Waals surface area contributed by atoms with Gasteiger partial charge in [0.1, 0.15) is 0 Å². The van der Waals surface area contributed by atoms with Crippen molar-refractivity contribution in [1.82, 2.24) is 5.32 Å². The van der Waals surface area contributed by atoms with Crippen LogP contribution in [-0.4, -0.2) is 24.0 Å². The highest BCUT2D eigenvalue weighted by Gasteiger charge is 2.28. The van der Waals surface area contributed by atoms with Crippen molar-refractivity contribution in [2.75, 3.05) is 13.3 Å². The largest absolute Gasteiger partial charge is 0.454 e. The Balaban J connectivity index is 1.58. The maximum absolute atomic E-state index is 10.5. The molecule has 0 bridgehead atoms. The van der Waals surface area contributed by atoms with Crippen molar-refractivity contribution in [2.24, 2.45) is 0 Å². The summed E-state index contributed by atoms with van der Waals surface area (Å²) in [7, 11) is 0. The van der Waals surface area contributed by atoms with Gasteiger partial charge in [0, 0.05) is 17.6 Å². The lowest BCUT2D eigenvalue weighted by atomic mass is 9.85. The van der Waals surface area contributed by atoms with Crippen molar-refractivity contribution in [3.05, 3.63) is 22.2 Å². The molecule has 3 rings (SSSR count). The molecule has 110 valence electrons. The molecule has 0 aromatic heterocycles. The van der Waals surface area contributed by atoms with Crippen molar-refractivity contribution >= 4 is 15.9 Å². The Morgan fingerprint density at radius 2 is 1.85 bits per heavy atom. The van der Waals surface area contributed by atoms with Crippen molar-refractivity contribution in [3.63, 3.8) is 0 Å². The smallest absolute Gasteiger partial charge is 0.231 e. The van der Waals surface area contributed by atoms with Gasteiger partial charge in [-0.1, -0.05) is 35.2 Å². The molecule has 0 saturated heterocycles. The van der Waals surface area contributed by atoms with Gasteiger partial charge in [-0.2, -0.15) is 0 Å². The zero-order valence-corrected chi connectivity index (χ0v) is 13.0. The van der Waals surface area contributed by atoms with E-state index >= 15 is 0 Å². The molecule has 1 fully saturated rings. The molecule has 0 spiro atoms. The molecule has 0 atom stereocenters. The molecule has 0 amide bonds. The number of benzene rings is 1. The molecule has 2 aliphatic rings. The Morgan fingerprint density at radius 3 is 2.60 bits per heavy atom. The predicted molar refractivity (Wildman–Crippen MR) is 80.0 cm³/mol. The van der Waals surface area contributed by atoms with E-state index in [1.54, 1.807) is 0 Å². The first-order chi connectivity index (χ1) is 9.66. The van der Waals surface area contributed by atoms with Gasteiger partial charge >= 0.3 is 0 Å². The molecular formula is C15H20BrNO3. The molecule has 0 radical (unpaired) electrons. The molecule has 2 N–H and O–H groups in total. The predicted octanol–water partition coefficient (Wildman–Crippen LogP) is 2.96. The average Bonchev–Trinajstić information content (AvgIpc) is 2.86. The Morgan fingerprint density at radius 1 is 1.15 bits per heavy atom. The highest BCUT2D eigenvalue weighted by atomic mass is 79.9. The third-order valence-corrected chi connectivity index (χ3v) is 4.83. The maximum Gasteiger partial charge on any atom is 0.231 e. The molecule has 1 heterocycles. The minimum absolute atomic E-state index is 0.290. The first kappa shape index (κ1) is 14.2. The molecule has 1 aliphatic heterocycles. The number of aliphatic hydroxyl groups is 1. The van der Waals surface area contributed by atoms with E-state index < -0.39 is 5.60 Å². The first-order valence-electron chi connectivity index (χ1n) is 7.17. The minimum Gasteiger partial charge on any atom is -0.454 e. The van der Waals surface area contributed by atoms with Gasteiger partial charge in [0.15, 0.2) is 11.5 Å². The van der Waals surface area contributed by atoms with E-state index in [4.69, 9.17) is 9.47 Å². The van der Waals surface area contributed by atoms with Crippen LogP contribution in [0, 0.1) is 0 Å². The summed E-state index contributed by atoms with van der Waals surface area (Å²) in [6, 6.07) is 3.93. The van der Waals surface area contributed by atoms with Gasteiger partial charge in [-0.05, 0) is 30.5 Å². The van der Waals surface area contributed by atoms with Crippen LogP contribution < -0.4 is 14.8 Å². The summed E-state index contributed by atoms with van der Waals surface area (Å²) in [5.74, 6) is 1.58. The van der Waals surface area contributed by atoms with Crippen LogP contribution in [0.4, 0.5) is 0 Å². The molecule has 1 aromatic rings. The van der Waals surface area contributed by atoms with E-state index in [1.165, 1.54) is 6.42 Å². The number of rotatable bonds is 4. The fourth-order valence-electron chi connectivity index (χ4n) is 2.91. The third-order valence-electron chi connectivity index (χ3n) is 4.10. The monoisotopic (exact) mass is 341 g/mol. The second-order valence-electron chi connectivity index (χ2n) is 5.69. The van der Waals surface area contributed by atoms with E-state index in [2.05, 4.69) is 21.2 Å². The second kappa shape index (κ2) is 5.92. The van der Waals surface area contributed by atoms with Crippen molar-refractivity contribution in [1.29, 1.82) is 0 Å². The van der Waals surface area contributed by atoms with Gasteiger partial charge in [0.05, 0.1) is 5.60 Å². The molecule has 5 heteroatoms. The molecule has 1 saturated carbocycles. The standard InChI is InChI=1S/C15H20BrNO3/c16-12-7-14-13(19-10-20-14)6-11(12)8-17-9-15(18)4-2-1-3-5-15/h6-7,17-18H,1-5,8-10H2. The average molecular weight is 342 g/mol. The quantitative estimate of drug-likeness (QED) is 0.883. The topological polar surface area (TPSA) is 50.7 Å². The Kier molecular flexibility index (Phi) is 4.19. The lowest BCUT2D eigenvalue weighted by Gasteiger charge is -2.32. The van der Waals surface area contributed by atoms with Crippen LogP contribution in [0.25, 0.3) is 0 Å². The Labute approximate surface area is 127 Å². The van der Waals surface area contributed by atoms with Crippen LogP contribution in [0.15, 0.2) is 16.6 Å². The van der Waals surface area contributed by atoms with Gasteiger partial charge in [0.2, 0.25) is 6.79 Å². The molecule has 1 aromatic carbocycles. The number of ether oxygens (including phenoxy) is 2. The van der Waals surface area contributed by atoms with Gasteiger partial charge in [-0.25, -0.2) is 0 Å². The molecular weight excluding hydrogens is 322 g/mol. The molecule has 1 aliphatic carbocycles. The number of fused-ring (bicyclic) bond motifs is 1. The number of hydrogen-bond donors (Lipinski definition) is 2. The minimum atomic E-state index is -0.527. The van der Waals surface area contributed by atoms with E-state index in [1.807, 2.05) is 12.1 Å². The summed E-state index contributed by atoms with van der Waals surface area (Å²) >= 11 is 3.55. The summed E-state index contributed by atoms with van der Waals surface area (Å²) in [6.07, 6.45) is 5.32. The number of halogens is 1. The molecule has 0 unspecified atom stereocenters. The lowest BCUT2D eigenvalue weighted by molar-refractivity contribution is 0.00466. The summed E-state index contributed by atoms with van der Waals surface area (Å²) in [6.45, 7) is 1.64. The first-order valence-corrected chi connectivity index (χ1v) is 7.97. The van der Waals surface area contributed by atoms with Gasteiger partial charge < -0.3 is 19.9 Å². The normalized spacial score (nSPS) is 20.1. The van der Waals surface area contributed by atoms with Crippen LogP contribution in [-0.2, 0) is 6.54 Å². The zero-order valence-electron chi connectivity index (χ0n) is 11.5. The molecule has 4 nitrogen and oxygen atoms in total. The van der Waals surface area contributed by atoms with Crippen molar-refractivity contribution in [3.8, 4) is 11.5 Å². The SMILES string of the molecule is OC1(CNCc2cc3c(cc2Br)OCO3)CCCCC1. The maximum atomic E-state index is 10.5. The Bertz CT molecular complexity index is 486. The van der Waals surface area contributed by atoms with Gasteiger partial charge in [-0.3, -0.25) is 0 Å². The highest BCUT2D eigenvalue weighted by molar-refractivity contribution is 9.10. The van der Waals surface area contributed by atoms with E-state index in [9.17, 15) is 5.11 Å². The van der Waals surface area contributed by atoms with Gasteiger partial charge in [-0.15, -0.1) is 0 Å². The fourth-order valence-corrected chi connectivity index (χ4v) is 3.37. The summed E-state index contributed by atoms with van der Waals surface area (Å²) in [5, 5.41) is 13.8. The van der Waals surface area contributed by atoms with Crippen molar-refractivity contribution in [2.45, 2.75) is 44.2 Å². The number of nitrogens with one attached hydrogen (secondary N) is 1. The van der Waals surface area contributed by atoms with Crippen LogP contribution in [0.1, 0.15) is 37.7 Å². The Hall–Kier alpha value is -0.780.